The molecule has 0 bridgehead atoms. The van der Waals surface area contributed by atoms with Crippen LogP contribution >= 0.6 is 0 Å². The van der Waals surface area contributed by atoms with Crippen LogP contribution in [0.3, 0.4) is 0 Å². The van der Waals surface area contributed by atoms with Gasteiger partial charge in [-0.15, -0.1) is 0 Å². The molecule has 2 fully saturated rings. The quantitative estimate of drug-likeness (QED) is 0.818. The van der Waals surface area contributed by atoms with Gasteiger partial charge in [0.05, 0.1) is 11.4 Å². The number of piperazine rings is 1. The molecule has 2 aromatic rings. The molecule has 0 unspecified atom stereocenters. The smallest absolute Gasteiger partial charge is 0.255 e. The first kappa shape index (κ1) is 19.3. The molecule has 6 heteroatoms. The molecule has 162 valence electrons. The zero-order valence-electron chi connectivity index (χ0n) is 18.3. The maximum Gasteiger partial charge on any atom is 0.255 e. The monoisotopic (exact) mass is 425 g/mol. The lowest BCUT2D eigenvalue weighted by Crippen LogP contribution is -2.43. The number of nitrogens with zero attached hydrogens (tertiary/aromatic N) is 4. The minimum absolute atomic E-state index is 0.0255. The van der Waals surface area contributed by atoms with Crippen molar-refractivity contribution in [1.82, 2.24) is 24.5 Å². The Morgan fingerprint density at radius 3 is 2.69 bits per heavy atom. The molecule has 6 rings (SSSR count). The second kappa shape index (κ2) is 7.64. The first-order valence-electron chi connectivity index (χ1n) is 11.4. The van der Waals surface area contributed by atoms with Crippen LogP contribution in [-0.2, 0) is 4.79 Å². The fraction of sp³-hybridized carbons (Fsp3) is 0.308. The molecule has 6 nitrogen and oxygen atoms in total. The molecule has 0 spiro atoms. The number of amides is 1. The van der Waals surface area contributed by atoms with Gasteiger partial charge in [0.15, 0.2) is 0 Å². The Morgan fingerprint density at radius 1 is 1.06 bits per heavy atom. The Kier molecular flexibility index (Phi) is 4.61. The van der Waals surface area contributed by atoms with E-state index in [0.717, 1.165) is 60.1 Å². The maximum absolute atomic E-state index is 13.4. The number of pyridine rings is 1. The number of hydrogen-bond acceptors (Lipinski definition) is 4. The number of carbonyl (C=O) groups is 1. The molecule has 1 N–H and O–H groups in total. The summed E-state index contributed by atoms with van der Waals surface area (Å²) in [6.07, 6.45) is 20.5. The Balaban J connectivity index is 1.38. The van der Waals surface area contributed by atoms with E-state index in [2.05, 4.69) is 39.2 Å². The summed E-state index contributed by atoms with van der Waals surface area (Å²) in [5.41, 5.74) is 7.30. The zero-order valence-corrected chi connectivity index (χ0v) is 18.3. The van der Waals surface area contributed by atoms with Crippen molar-refractivity contribution in [2.24, 2.45) is 0 Å². The van der Waals surface area contributed by atoms with E-state index in [-0.39, 0.29) is 5.91 Å². The molecule has 1 saturated heterocycles. The summed E-state index contributed by atoms with van der Waals surface area (Å²) in [6.45, 7) is 5.86. The number of carbonyl (C=O) groups excluding carboxylic acids is 1. The molecular formula is C26H27N5O. The lowest BCUT2D eigenvalue weighted by molar-refractivity contribution is -0.122. The van der Waals surface area contributed by atoms with Crippen LogP contribution in [0.5, 0.6) is 0 Å². The normalized spacial score (nSPS) is 22.8. The minimum atomic E-state index is -0.0255. The number of aryl methyl sites for hydroxylation is 1. The number of fused-ring (bicyclic) bond motifs is 2. The van der Waals surface area contributed by atoms with E-state index in [9.17, 15) is 4.79 Å². The van der Waals surface area contributed by atoms with Crippen LogP contribution in [0.25, 0.3) is 11.2 Å². The van der Waals surface area contributed by atoms with E-state index in [0.29, 0.717) is 5.92 Å². The number of hydrogen-bond donors (Lipinski definition) is 1. The Morgan fingerprint density at radius 2 is 1.88 bits per heavy atom. The third-order valence-corrected chi connectivity index (χ3v) is 6.56. The van der Waals surface area contributed by atoms with Gasteiger partial charge < -0.3 is 14.6 Å². The van der Waals surface area contributed by atoms with Gasteiger partial charge in [0, 0.05) is 56.5 Å². The van der Waals surface area contributed by atoms with E-state index >= 15 is 0 Å². The summed E-state index contributed by atoms with van der Waals surface area (Å²) < 4.78 is 2.11. The molecule has 4 aliphatic rings. The molecule has 32 heavy (non-hydrogen) atoms. The lowest BCUT2D eigenvalue weighted by atomic mass is 10.0. The van der Waals surface area contributed by atoms with Crippen molar-refractivity contribution < 1.29 is 4.79 Å². The number of rotatable bonds is 3. The van der Waals surface area contributed by atoms with Gasteiger partial charge in [-0.05, 0) is 66.7 Å². The summed E-state index contributed by atoms with van der Waals surface area (Å²) in [7, 11) is 0. The first-order chi connectivity index (χ1) is 15.7. The first-order valence-corrected chi connectivity index (χ1v) is 11.4. The van der Waals surface area contributed by atoms with Crippen LogP contribution in [0.1, 0.15) is 35.6 Å². The van der Waals surface area contributed by atoms with Crippen LogP contribution < -0.4 is 5.32 Å². The van der Waals surface area contributed by atoms with Crippen LogP contribution in [0.15, 0.2) is 72.5 Å². The third-order valence-electron chi connectivity index (χ3n) is 6.56. The Bertz CT molecular complexity index is 1250. The van der Waals surface area contributed by atoms with Crippen molar-refractivity contribution in [3.8, 4) is 0 Å². The van der Waals surface area contributed by atoms with Crippen LogP contribution in [0, 0.1) is 6.92 Å². The minimum Gasteiger partial charge on any atom is -0.368 e. The molecule has 1 aliphatic carbocycles. The van der Waals surface area contributed by atoms with Gasteiger partial charge in [-0.1, -0.05) is 12.2 Å². The van der Waals surface area contributed by atoms with E-state index in [1.165, 1.54) is 18.4 Å². The molecule has 5 heterocycles. The summed E-state index contributed by atoms with van der Waals surface area (Å²) >= 11 is 0. The fourth-order valence-corrected chi connectivity index (χ4v) is 4.72. The molecule has 0 radical (unpaired) electrons. The largest absolute Gasteiger partial charge is 0.368 e. The van der Waals surface area contributed by atoms with E-state index in [1.54, 1.807) is 11.0 Å². The van der Waals surface area contributed by atoms with Gasteiger partial charge in [-0.2, -0.15) is 0 Å². The summed E-state index contributed by atoms with van der Waals surface area (Å²) in [5.74, 6) is 0.554. The van der Waals surface area contributed by atoms with E-state index in [1.807, 2.05) is 37.4 Å². The van der Waals surface area contributed by atoms with Gasteiger partial charge in [0.2, 0.25) is 0 Å². The SMILES string of the molecule is Cc1cn2cc(C3=CC(=O)N4C=C(N5CCNCC5)C=C/C4=C\C=C3)cc(C3CC3)c2n1. The van der Waals surface area contributed by atoms with Crippen molar-refractivity contribution >= 4 is 17.1 Å². The number of nitrogens with one attached hydrogen (secondary N) is 1. The van der Waals surface area contributed by atoms with Gasteiger partial charge in [-0.3, -0.25) is 9.69 Å². The topological polar surface area (TPSA) is 52.9 Å². The van der Waals surface area contributed by atoms with Gasteiger partial charge in [0.25, 0.3) is 5.91 Å². The predicted molar refractivity (Wildman–Crippen MR) is 126 cm³/mol. The van der Waals surface area contributed by atoms with Crippen molar-refractivity contribution in [2.75, 3.05) is 26.2 Å². The average Bonchev–Trinajstić information content (AvgIpc) is 3.57. The van der Waals surface area contributed by atoms with Crippen molar-refractivity contribution in [3.05, 3.63) is 89.3 Å². The van der Waals surface area contributed by atoms with Crippen LogP contribution in [0.2, 0.25) is 0 Å². The second-order valence-electron chi connectivity index (χ2n) is 8.95. The summed E-state index contributed by atoms with van der Waals surface area (Å²) in [4.78, 5) is 22.2. The van der Waals surface area contributed by atoms with Gasteiger partial charge in [0.1, 0.15) is 5.65 Å². The predicted octanol–water partition coefficient (Wildman–Crippen LogP) is 3.50. The van der Waals surface area contributed by atoms with Gasteiger partial charge >= 0.3 is 0 Å². The molecule has 0 atom stereocenters. The Labute approximate surface area is 187 Å². The summed E-state index contributed by atoms with van der Waals surface area (Å²) in [5, 5.41) is 3.38. The van der Waals surface area contributed by atoms with Crippen molar-refractivity contribution in [2.45, 2.75) is 25.7 Å². The third kappa shape index (κ3) is 3.50. The molecule has 1 saturated carbocycles. The maximum atomic E-state index is 13.4. The van der Waals surface area contributed by atoms with Crippen LogP contribution in [0.4, 0.5) is 0 Å². The highest BCUT2D eigenvalue weighted by Crippen LogP contribution is 2.42. The number of imidazole rings is 1. The second-order valence-corrected chi connectivity index (χ2v) is 8.95. The van der Waals surface area contributed by atoms with Crippen LogP contribution in [-0.4, -0.2) is 51.3 Å². The molecule has 1 amide bonds. The standard InChI is InChI=1S/C26H27N5O/c1-18-15-30-16-21(13-24(19-5-6-19)26(30)28-18)20-3-2-4-22-7-8-23(17-31(22)25(32)14-20)29-11-9-27-10-12-29/h2-4,7-8,13-17,19,27H,5-6,9-12H2,1H3/b3-2?,20-14?,22-4+. The Hall–Kier alpha value is -3.38. The van der Waals surface area contributed by atoms with Crippen molar-refractivity contribution in [3.63, 3.8) is 0 Å². The highest BCUT2D eigenvalue weighted by Gasteiger charge is 2.28. The zero-order chi connectivity index (χ0) is 21.7. The lowest BCUT2D eigenvalue weighted by Gasteiger charge is -2.33. The fourth-order valence-electron chi connectivity index (χ4n) is 4.72. The summed E-state index contributed by atoms with van der Waals surface area (Å²) in [6, 6.07) is 2.23. The molecular weight excluding hydrogens is 398 g/mol. The number of allylic oxidation sites excluding steroid dienone is 6. The molecule has 2 aromatic heterocycles. The average molecular weight is 426 g/mol. The highest BCUT2D eigenvalue weighted by molar-refractivity contribution is 6.00. The highest BCUT2D eigenvalue weighted by atomic mass is 16.2. The van der Waals surface area contributed by atoms with Gasteiger partial charge in [-0.25, -0.2) is 4.98 Å². The molecule has 3 aliphatic heterocycles. The number of aromatic nitrogens is 2. The van der Waals surface area contributed by atoms with E-state index in [4.69, 9.17) is 4.98 Å². The van der Waals surface area contributed by atoms with E-state index < -0.39 is 0 Å². The van der Waals surface area contributed by atoms with Crippen molar-refractivity contribution in [1.29, 1.82) is 0 Å². The molecule has 0 aromatic carbocycles.